The molecule has 160 valence electrons. The number of ether oxygens (including phenoxy) is 1. The van der Waals surface area contributed by atoms with Gasteiger partial charge in [0, 0.05) is 30.4 Å². The quantitative estimate of drug-likeness (QED) is 0.759. The highest BCUT2D eigenvalue weighted by atomic mass is 19.4. The number of alkyl halides is 3. The van der Waals surface area contributed by atoms with Crippen molar-refractivity contribution in [3.05, 3.63) is 42.1 Å². The Hall–Kier alpha value is -2.97. The van der Waals surface area contributed by atoms with Crippen LogP contribution in [0.25, 0.3) is 11.1 Å². The van der Waals surface area contributed by atoms with Gasteiger partial charge in [0.2, 0.25) is 0 Å². The first-order valence-corrected chi connectivity index (χ1v) is 9.89. The van der Waals surface area contributed by atoms with Gasteiger partial charge in [-0.15, -0.1) is 0 Å². The highest BCUT2D eigenvalue weighted by Gasteiger charge is 2.42. The van der Waals surface area contributed by atoms with Gasteiger partial charge in [-0.05, 0) is 42.7 Å². The van der Waals surface area contributed by atoms with E-state index in [2.05, 4.69) is 4.98 Å². The molecule has 0 bridgehead atoms. The molecule has 0 saturated carbocycles. The maximum atomic E-state index is 13.0. The molecule has 1 saturated heterocycles. The number of piperidine rings is 1. The Labute approximate surface area is 172 Å². The van der Waals surface area contributed by atoms with Crippen LogP contribution in [-0.2, 0) is 6.54 Å². The van der Waals surface area contributed by atoms with E-state index in [9.17, 15) is 18.0 Å². The number of likely N-dealkylation sites (tertiary alicyclic amines) is 1. The predicted molar refractivity (Wildman–Crippen MR) is 106 cm³/mol. The number of nitrogens with zero attached hydrogens (tertiary/aromatic N) is 3. The van der Waals surface area contributed by atoms with Crippen molar-refractivity contribution in [2.24, 2.45) is 5.92 Å². The molecule has 1 aromatic carbocycles. The van der Waals surface area contributed by atoms with Crippen LogP contribution in [0.15, 0.2) is 36.5 Å². The van der Waals surface area contributed by atoms with Crippen molar-refractivity contribution >= 4 is 11.8 Å². The van der Waals surface area contributed by atoms with E-state index in [1.54, 1.807) is 17.2 Å². The van der Waals surface area contributed by atoms with Crippen LogP contribution in [0.4, 0.5) is 23.8 Å². The average Bonchev–Trinajstić information content (AvgIpc) is 2.95. The van der Waals surface area contributed by atoms with E-state index in [1.807, 2.05) is 24.3 Å². The summed E-state index contributed by atoms with van der Waals surface area (Å²) in [7, 11) is 0. The molecular formula is C21H23F3N4O2. The van der Waals surface area contributed by atoms with Gasteiger partial charge in [-0.25, -0.2) is 9.78 Å². The molecule has 2 aliphatic rings. The van der Waals surface area contributed by atoms with Crippen LogP contribution in [0, 0.1) is 5.92 Å². The van der Waals surface area contributed by atoms with Gasteiger partial charge in [0.1, 0.15) is 18.2 Å². The van der Waals surface area contributed by atoms with Crippen molar-refractivity contribution in [1.29, 1.82) is 0 Å². The molecule has 0 atom stereocenters. The first-order chi connectivity index (χ1) is 14.3. The van der Waals surface area contributed by atoms with Crippen LogP contribution in [0.2, 0.25) is 0 Å². The summed E-state index contributed by atoms with van der Waals surface area (Å²) in [5.41, 5.74) is 8.31. The third-order valence-corrected chi connectivity index (χ3v) is 5.66. The van der Waals surface area contributed by atoms with Crippen molar-refractivity contribution in [1.82, 2.24) is 14.8 Å². The third-order valence-electron chi connectivity index (χ3n) is 5.66. The minimum atomic E-state index is -4.20. The number of urea groups is 1. The molecule has 0 spiro atoms. The summed E-state index contributed by atoms with van der Waals surface area (Å²) in [6, 6.07) is 9.08. The number of aromatic nitrogens is 1. The summed E-state index contributed by atoms with van der Waals surface area (Å²) < 4.78 is 44.5. The molecule has 1 aromatic heterocycles. The van der Waals surface area contributed by atoms with Gasteiger partial charge in [-0.3, -0.25) is 0 Å². The lowest BCUT2D eigenvalue weighted by atomic mass is 9.96. The number of amides is 2. The van der Waals surface area contributed by atoms with Gasteiger partial charge in [0.05, 0.1) is 19.0 Å². The molecule has 6 nitrogen and oxygen atoms in total. The van der Waals surface area contributed by atoms with Crippen LogP contribution < -0.4 is 10.5 Å². The molecule has 4 rings (SSSR count). The first-order valence-electron chi connectivity index (χ1n) is 9.89. The SMILES string of the molecule is Nc1ccc(-c2ccc3c(c2)CN(C(=O)N2CCC(C(F)(F)F)CC2)CCO3)cn1. The fraction of sp³-hybridized carbons (Fsp3) is 0.429. The molecule has 1 fully saturated rings. The topological polar surface area (TPSA) is 71.7 Å². The fourth-order valence-corrected chi connectivity index (χ4v) is 3.91. The summed E-state index contributed by atoms with van der Waals surface area (Å²) in [5.74, 6) is -0.193. The number of nitrogen functional groups attached to an aromatic ring is 1. The Morgan fingerprint density at radius 2 is 1.80 bits per heavy atom. The summed E-state index contributed by atoms with van der Waals surface area (Å²) in [4.78, 5) is 20.2. The second-order valence-electron chi connectivity index (χ2n) is 7.65. The van der Waals surface area contributed by atoms with Crippen LogP contribution >= 0.6 is 0 Å². The van der Waals surface area contributed by atoms with Gasteiger partial charge >= 0.3 is 12.2 Å². The molecule has 3 heterocycles. The molecule has 30 heavy (non-hydrogen) atoms. The molecule has 9 heteroatoms. The van der Waals surface area contributed by atoms with E-state index in [1.165, 1.54) is 4.90 Å². The second-order valence-corrected chi connectivity index (χ2v) is 7.65. The largest absolute Gasteiger partial charge is 0.491 e. The smallest absolute Gasteiger partial charge is 0.391 e. The zero-order valence-corrected chi connectivity index (χ0v) is 16.4. The third kappa shape index (κ3) is 4.29. The van der Waals surface area contributed by atoms with Crippen LogP contribution in [0.3, 0.4) is 0 Å². The van der Waals surface area contributed by atoms with Crippen LogP contribution in [0.1, 0.15) is 18.4 Å². The number of hydrogen-bond acceptors (Lipinski definition) is 4. The van der Waals surface area contributed by atoms with E-state index >= 15 is 0 Å². The summed E-state index contributed by atoms with van der Waals surface area (Å²) in [5, 5.41) is 0. The molecule has 2 N–H and O–H groups in total. The molecule has 0 unspecified atom stereocenters. The number of halogens is 3. The number of anilines is 1. The zero-order chi connectivity index (χ0) is 21.3. The minimum absolute atomic E-state index is 0.0511. The maximum Gasteiger partial charge on any atom is 0.391 e. The van der Waals surface area contributed by atoms with Crippen molar-refractivity contribution < 1.29 is 22.7 Å². The van der Waals surface area contributed by atoms with E-state index in [0.29, 0.717) is 31.3 Å². The number of carbonyl (C=O) groups is 1. The maximum absolute atomic E-state index is 13.0. The lowest BCUT2D eigenvalue weighted by Gasteiger charge is -2.35. The molecular weight excluding hydrogens is 397 g/mol. The first kappa shape index (κ1) is 20.3. The standard InChI is InChI=1S/C21H23F3N4O2/c22-21(23,24)17-5-7-27(8-6-17)20(29)28-9-10-30-18-3-1-14(11-16(18)13-28)15-2-4-19(25)26-12-15/h1-4,11-12,17H,5-10,13H2,(H2,25,26). The summed E-state index contributed by atoms with van der Waals surface area (Å²) in [6.07, 6.45) is -2.62. The number of rotatable bonds is 1. The number of benzene rings is 1. The van der Waals surface area contributed by atoms with Gasteiger partial charge in [-0.1, -0.05) is 6.07 Å². The van der Waals surface area contributed by atoms with E-state index < -0.39 is 12.1 Å². The molecule has 2 aromatic rings. The molecule has 2 aliphatic heterocycles. The Bertz CT molecular complexity index is 909. The number of pyridine rings is 1. The lowest BCUT2D eigenvalue weighted by Crippen LogP contribution is -2.48. The van der Waals surface area contributed by atoms with Crippen molar-refractivity contribution in [2.75, 3.05) is 32.0 Å². The lowest BCUT2D eigenvalue weighted by molar-refractivity contribution is -0.183. The fourth-order valence-electron chi connectivity index (χ4n) is 3.91. The summed E-state index contributed by atoms with van der Waals surface area (Å²) >= 11 is 0. The summed E-state index contributed by atoms with van der Waals surface area (Å²) in [6.45, 7) is 1.28. The minimum Gasteiger partial charge on any atom is -0.491 e. The van der Waals surface area contributed by atoms with E-state index in [-0.39, 0.29) is 32.0 Å². The number of carbonyl (C=O) groups excluding carboxylic acids is 1. The highest BCUT2D eigenvalue weighted by Crippen LogP contribution is 2.35. The highest BCUT2D eigenvalue weighted by molar-refractivity contribution is 5.75. The van der Waals surface area contributed by atoms with Crippen LogP contribution in [-0.4, -0.2) is 53.2 Å². The Morgan fingerprint density at radius 3 is 2.47 bits per heavy atom. The zero-order valence-electron chi connectivity index (χ0n) is 16.4. The average molecular weight is 420 g/mol. The van der Waals surface area contributed by atoms with Gasteiger partial charge < -0.3 is 20.3 Å². The van der Waals surface area contributed by atoms with Crippen molar-refractivity contribution in [3.63, 3.8) is 0 Å². The number of fused-ring (bicyclic) bond motifs is 1. The molecule has 2 amide bonds. The Balaban J connectivity index is 1.48. The number of nitrogens with two attached hydrogens (primary N) is 1. The van der Waals surface area contributed by atoms with Gasteiger partial charge in [0.25, 0.3) is 0 Å². The van der Waals surface area contributed by atoms with E-state index in [0.717, 1.165) is 16.7 Å². The van der Waals surface area contributed by atoms with Crippen molar-refractivity contribution in [2.45, 2.75) is 25.6 Å². The van der Waals surface area contributed by atoms with Gasteiger partial charge in [-0.2, -0.15) is 13.2 Å². The normalized spacial score (nSPS) is 17.8. The van der Waals surface area contributed by atoms with E-state index in [4.69, 9.17) is 10.5 Å². The molecule has 0 radical (unpaired) electrons. The Morgan fingerprint density at radius 1 is 1.07 bits per heavy atom. The van der Waals surface area contributed by atoms with Crippen molar-refractivity contribution in [3.8, 4) is 16.9 Å². The number of hydrogen-bond donors (Lipinski definition) is 1. The Kier molecular flexibility index (Phi) is 5.44. The van der Waals surface area contributed by atoms with Crippen LogP contribution in [0.5, 0.6) is 5.75 Å². The molecule has 0 aliphatic carbocycles. The second kappa shape index (κ2) is 8.04. The monoisotopic (exact) mass is 420 g/mol. The van der Waals surface area contributed by atoms with Gasteiger partial charge in [0.15, 0.2) is 0 Å². The predicted octanol–water partition coefficient (Wildman–Crippen LogP) is 3.92.